The Balaban J connectivity index is 1.85. The van der Waals surface area contributed by atoms with E-state index in [4.69, 9.17) is 4.74 Å². The summed E-state index contributed by atoms with van der Waals surface area (Å²) in [5, 5.41) is 0. The van der Waals surface area contributed by atoms with Gasteiger partial charge >= 0.3 is 0 Å². The Bertz CT molecular complexity index is 936. The van der Waals surface area contributed by atoms with E-state index in [2.05, 4.69) is 71.3 Å². The number of ether oxygens (including phenoxy) is 1. The third-order valence-electron chi connectivity index (χ3n) is 4.42. The van der Waals surface area contributed by atoms with Gasteiger partial charge in [0.15, 0.2) is 0 Å². The highest BCUT2D eigenvalue weighted by molar-refractivity contribution is 9.14. The highest BCUT2D eigenvalue weighted by Crippen LogP contribution is 2.34. The van der Waals surface area contributed by atoms with Gasteiger partial charge in [0.2, 0.25) is 0 Å². The summed E-state index contributed by atoms with van der Waals surface area (Å²) in [6, 6.07) is 10.7. The molecule has 2 atom stereocenters. The van der Waals surface area contributed by atoms with Gasteiger partial charge in [-0.25, -0.2) is 8.42 Å². The first-order chi connectivity index (χ1) is 13.2. The van der Waals surface area contributed by atoms with Crippen LogP contribution in [-0.2, 0) is 21.3 Å². The van der Waals surface area contributed by atoms with Gasteiger partial charge in [-0.15, -0.1) is 0 Å². The van der Waals surface area contributed by atoms with Crippen molar-refractivity contribution in [3.8, 4) is 0 Å². The predicted octanol–water partition coefficient (Wildman–Crippen LogP) is 5.38. The summed E-state index contributed by atoms with van der Waals surface area (Å²) in [6.45, 7) is 6.40. The molecule has 0 amide bonds. The molecule has 3 rings (SSSR count). The number of nitrogens with zero attached hydrogens (tertiary/aromatic N) is 1. The topological polar surface area (TPSA) is 58.6 Å². The fraction of sp³-hybridized carbons (Fsp3) is 0.368. The molecule has 1 heterocycles. The fourth-order valence-electron chi connectivity index (χ4n) is 3.30. The number of rotatable bonds is 5. The van der Waals surface area contributed by atoms with E-state index >= 15 is 0 Å². The summed E-state index contributed by atoms with van der Waals surface area (Å²) in [5.41, 5.74) is 1.52. The van der Waals surface area contributed by atoms with Gasteiger partial charge in [-0.1, -0.05) is 18.2 Å². The van der Waals surface area contributed by atoms with E-state index in [9.17, 15) is 8.42 Å². The first-order valence-corrected chi connectivity index (χ1v) is 12.6. The molecule has 9 heteroatoms. The molecule has 0 radical (unpaired) electrons. The first kappa shape index (κ1) is 22.2. The zero-order valence-corrected chi connectivity index (χ0v) is 21.0. The van der Waals surface area contributed by atoms with Crippen LogP contribution in [0.2, 0.25) is 0 Å². The van der Waals surface area contributed by atoms with Gasteiger partial charge in [0, 0.05) is 33.1 Å². The van der Waals surface area contributed by atoms with Crippen molar-refractivity contribution in [2.75, 3.05) is 17.8 Å². The van der Waals surface area contributed by atoms with Crippen molar-refractivity contribution < 1.29 is 13.2 Å². The number of anilines is 1. The van der Waals surface area contributed by atoms with Crippen molar-refractivity contribution >= 4 is 63.5 Å². The van der Waals surface area contributed by atoms with E-state index in [1.807, 2.05) is 18.2 Å². The maximum atomic E-state index is 13.0. The van der Waals surface area contributed by atoms with Gasteiger partial charge in [-0.05, 0) is 85.4 Å². The van der Waals surface area contributed by atoms with E-state index < -0.39 is 10.0 Å². The van der Waals surface area contributed by atoms with E-state index in [0.29, 0.717) is 21.2 Å². The summed E-state index contributed by atoms with van der Waals surface area (Å²) in [4.78, 5) is 2.47. The van der Waals surface area contributed by atoms with Crippen molar-refractivity contribution in [2.24, 2.45) is 0 Å². The van der Waals surface area contributed by atoms with Crippen LogP contribution in [0.4, 0.5) is 5.69 Å². The van der Waals surface area contributed by atoms with Crippen LogP contribution >= 0.6 is 47.8 Å². The van der Waals surface area contributed by atoms with Crippen LogP contribution in [0.25, 0.3) is 0 Å². The second-order valence-electron chi connectivity index (χ2n) is 6.91. The van der Waals surface area contributed by atoms with E-state index in [1.54, 1.807) is 18.2 Å². The van der Waals surface area contributed by atoms with Crippen LogP contribution < -0.4 is 4.72 Å². The summed E-state index contributed by atoms with van der Waals surface area (Å²) in [5.74, 6) is 0. The summed E-state index contributed by atoms with van der Waals surface area (Å²) in [7, 11) is -3.73. The van der Waals surface area contributed by atoms with Crippen molar-refractivity contribution in [3.05, 3.63) is 55.4 Å². The Morgan fingerprint density at radius 3 is 2.25 bits per heavy atom. The van der Waals surface area contributed by atoms with Crippen LogP contribution in [0.5, 0.6) is 0 Å². The Morgan fingerprint density at radius 2 is 1.64 bits per heavy atom. The molecule has 0 saturated carbocycles. The van der Waals surface area contributed by atoms with Crippen LogP contribution in [0.3, 0.4) is 0 Å². The zero-order chi connectivity index (χ0) is 20.5. The lowest BCUT2D eigenvalue weighted by Crippen LogP contribution is -2.44. The molecule has 28 heavy (non-hydrogen) atoms. The van der Waals surface area contributed by atoms with Gasteiger partial charge in [0.1, 0.15) is 0 Å². The lowest BCUT2D eigenvalue weighted by Gasteiger charge is -2.35. The highest BCUT2D eigenvalue weighted by Gasteiger charge is 2.24. The minimum Gasteiger partial charge on any atom is -0.373 e. The fourth-order valence-corrected chi connectivity index (χ4v) is 6.17. The zero-order valence-electron chi connectivity index (χ0n) is 15.5. The van der Waals surface area contributed by atoms with Gasteiger partial charge < -0.3 is 4.74 Å². The monoisotopic (exact) mass is 594 g/mol. The number of para-hydroxylation sites is 1. The molecule has 1 aliphatic heterocycles. The number of sulfonamides is 1. The maximum Gasteiger partial charge on any atom is 0.261 e. The molecule has 0 aromatic heterocycles. The van der Waals surface area contributed by atoms with Gasteiger partial charge in [0.05, 0.1) is 22.8 Å². The maximum absolute atomic E-state index is 13.0. The third-order valence-corrected chi connectivity index (χ3v) is 8.93. The molecule has 1 saturated heterocycles. The Hall–Kier alpha value is -0.450. The lowest BCUT2D eigenvalue weighted by atomic mass is 10.1. The molecule has 5 nitrogen and oxygen atoms in total. The Morgan fingerprint density at radius 1 is 1.07 bits per heavy atom. The number of nitrogens with one attached hydrogen (secondary N) is 1. The summed E-state index contributed by atoms with van der Waals surface area (Å²) in [6.07, 6.45) is 0.315. The highest BCUT2D eigenvalue weighted by atomic mass is 79.9. The summed E-state index contributed by atoms with van der Waals surface area (Å²) < 4.78 is 36.5. The molecule has 0 spiro atoms. The number of benzene rings is 2. The number of hydrogen-bond donors (Lipinski definition) is 1. The molecule has 1 N–H and O–H groups in total. The van der Waals surface area contributed by atoms with Gasteiger partial charge in [-0.2, -0.15) is 0 Å². The van der Waals surface area contributed by atoms with E-state index in [-0.39, 0.29) is 17.1 Å². The molecule has 1 fully saturated rings. The molecular formula is C19H21Br3N2O3S. The predicted molar refractivity (Wildman–Crippen MR) is 122 cm³/mol. The molecule has 1 aliphatic rings. The molecule has 0 aliphatic carbocycles. The minimum atomic E-state index is -3.73. The molecule has 2 unspecified atom stereocenters. The van der Waals surface area contributed by atoms with Crippen molar-refractivity contribution in [3.63, 3.8) is 0 Å². The second-order valence-corrected chi connectivity index (χ2v) is 11.1. The third kappa shape index (κ3) is 5.37. The molecule has 2 aromatic rings. The van der Waals surface area contributed by atoms with Crippen LogP contribution in [0, 0.1) is 0 Å². The largest absolute Gasteiger partial charge is 0.373 e. The van der Waals surface area contributed by atoms with E-state index in [1.165, 1.54) is 0 Å². The molecule has 2 aromatic carbocycles. The minimum absolute atomic E-state index is 0.157. The van der Waals surface area contributed by atoms with Gasteiger partial charge in [-0.3, -0.25) is 9.62 Å². The van der Waals surface area contributed by atoms with Crippen LogP contribution in [0.15, 0.2) is 54.7 Å². The average Bonchev–Trinajstić information content (AvgIpc) is 2.60. The SMILES string of the molecule is CC1CN(Cc2ccccc2NS(=O)(=O)c2cc(Br)c(Br)c(Br)c2)CC(C)O1. The molecule has 152 valence electrons. The number of hydrogen-bond acceptors (Lipinski definition) is 4. The molecular weight excluding hydrogens is 576 g/mol. The smallest absolute Gasteiger partial charge is 0.261 e. The van der Waals surface area contributed by atoms with Crippen LogP contribution in [-0.4, -0.2) is 38.6 Å². The first-order valence-electron chi connectivity index (χ1n) is 8.79. The van der Waals surface area contributed by atoms with Crippen LogP contribution in [0.1, 0.15) is 19.4 Å². The van der Waals surface area contributed by atoms with Crippen molar-refractivity contribution in [1.82, 2.24) is 4.90 Å². The normalized spacial score (nSPS) is 20.9. The van der Waals surface area contributed by atoms with E-state index in [0.717, 1.165) is 23.1 Å². The Kier molecular flexibility index (Phi) is 7.26. The molecule has 0 bridgehead atoms. The lowest BCUT2D eigenvalue weighted by molar-refractivity contribution is -0.0704. The van der Waals surface area contributed by atoms with Gasteiger partial charge in [0.25, 0.3) is 10.0 Å². The standard InChI is InChI=1S/C19H21Br3N2O3S/c1-12-9-24(10-13(2)27-12)11-14-5-3-4-6-18(14)23-28(25,26)15-7-16(20)19(22)17(21)8-15/h3-8,12-13,23H,9-11H2,1-2H3. The van der Waals surface area contributed by atoms with Crippen molar-refractivity contribution in [1.29, 1.82) is 0 Å². The number of halogens is 3. The summed E-state index contributed by atoms with van der Waals surface area (Å²) >= 11 is 10.2. The number of morpholine rings is 1. The Labute approximate surface area is 191 Å². The second kappa shape index (κ2) is 9.14. The van der Waals surface area contributed by atoms with Crippen molar-refractivity contribution in [2.45, 2.75) is 37.5 Å². The quantitative estimate of drug-likeness (QED) is 0.471. The average molecular weight is 597 g/mol.